The van der Waals surface area contributed by atoms with Crippen LogP contribution in [0.15, 0.2) is 36.7 Å². The zero-order chi connectivity index (χ0) is 21.4. The van der Waals surface area contributed by atoms with Crippen LogP contribution in [0.2, 0.25) is 0 Å². The van der Waals surface area contributed by atoms with Gasteiger partial charge in [0.2, 0.25) is 0 Å². The Kier molecular flexibility index (Phi) is 5.56. The van der Waals surface area contributed by atoms with Crippen molar-refractivity contribution < 1.29 is 9.18 Å². The van der Waals surface area contributed by atoms with E-state index in [-0.39, 0.29) is 23.8 Å². The lowest BCUT2D eigenvalue weighted by Crippen LogP contribution is -2.42. The van der Waals surface area contributed by atoms with E-state index in [0.717, 1.165) is 25.1 Å². The first kappa shape index (κ1) is 20.5. The lowest BCUT2D eigenvalue weighted by molar-refractivity contribution is 0.0698. The molecular formula is C23H28FN5O. The standard InChI is InChI=1S/C23H28FN5O/c1-15(2)29-14-17(12-25-29)22-11-20(19-10-18(24)6-7-21(19)26-22)23(30)28-9-5-8-27(4)13-16(28)3/h6-7,10-12,14-16H,5,8-9,13H2,1-4H3/t16-/m1/s1. The van der Waals surface area contributed by atoms with Crippen molar-refractivity contribution in [3.63, 3.8) is 0 Å². The first-order valence-electron chi connectivity index (χ1n) is 10.5. The molecule has 1 aromatic carbocycles. The van der Waals surface area contributed by atoms with E-state index in [1.807, 2.05) is 15.8 Å². The van der Waals surface area contributed by atoms with E-state index in [1.54, 1.807) is 18.3 Å². The van der Waals surface area contributed by atoms with Crippen molar-refractivity contribution in [2.45, 2.75) is 39.3 Å². The topological polar surface area (TPSA) is 54.3 Å². The molecule has 158 valence electrons. The SMILES string of the molecule is CC(C)n1cc(-c2cc(C(=O)N3CCCN(C)C[C@H]3C)c3cc(F)ccc3n2)cn1. The molecule has 1 aliphatic rings. The summed E-state index contributed by atoms with van der Waals surface area (Å²) in [5.41, 5.74) is 2.61. The third kappa shape index (κ3) is 3.94. The van der Waals surface area contributed by atoms with Gasteiger partial charge in [0, 0.05) is 42.3 Å². The Labute approximate surface area is 176 Å². The van der Waals surface area contributed by atoms with E-state index >= 15 is 0 Å². The molecule has 0 spiro atoms. The Bertz CT molecular complexity index is 1080. The monoisotopic (exact) mass is 409 g/mol. The number of pyridine rings is 1. The van der Waals surface area contributed by atoms with E-state index in [9.17, 15) is 9.18 Å². The van der Waals surface area contributed by atoms with Crippen LogP contribution in [0.1, 0.15) is 43.6 Å². The van der Waals surface area contributed by atoms with E-state index in [4.69, 9.17) is 4.98 Å². The van der Waals surface area contributed by atoms with Crippen molar-refractivity contribution in [1.29, 1.82) is 0 Å². The molecule has 7 heteroatoms. The number of carbonyl (C=O) groups excluding carboxylic acids is 1. The largest absolute Gasteiger partial charge is 0.335 e. The minimum absolute atomic E-state index is 0.0756. The Morgan fingerprint density at radius 3 is 2.77 bits per heavy atom. The number of fused-ring (bicyclic) bond motifs is 1. The number of amides is 1. The first-order chi connectivity index (χ1) is 14.3. The molecule has 1 amide bonds. The Morgan fingerprint density at radius 1 is 1.23 bits per heavy atom. The zero-order valence-corrected chi connectivity index (χ0v) is 18.0. The molecule has 3 aromatic rings. The molecule has 6 nitrogen and oxygen atoms in total. The van der Waals surface area contributed by atoms with Gasteiger partial charge in [-0.3, -0.25) is 9.48 Å². The van der Waals surface area contributed by atoms with Gasteiger partial charge >= 0.3 is 0 Å². The van der Waals surface area contributed by atoms with Gasteiger partial charge in [0.25, 0.3) is 5.91 Å². The minimum Gasteiger partial charge on any atom is -0.335 e. The second kappa shape index (κ2) is 8.14. The third-order valence-corrected chi connectivity index (χ3v) is 5.74. The van der Waals surface area contributed by atoms with Crippen molar-refractivity contribution in [2.75, 3.05) is 26.7 Å². The van der Waals surface area contributed by atoms with Crippen molar-refractivity contribution in [3.8, 4) is 11.3 Å². The second-order valence-electron chi connectivity index (χ2n) is 8.48. The summed E-state index contributed by atoms with van der Waals surface area (Å²) in [6, 6.07) is 6.52. The van der Waals surface area contributed by atoms with Crippen molar-refractivity contribution in [1.82, 2.24) is 24.6 Å². The Hall–Kier alpha value is -2.80. The quantitative estimate of drug-likeness (QED) is 0.657. The summed E-state index contributed by atoms with van der Waals surface area (Å²) in [4.78, 5) is 22.5. The number of hydrogen-bond donors (Lipinski definition) is 0. The fourth-order valence-corrected chi connectivity index (χ4v) is 4.10. The smallest absolute Gasteiger partial charge is 0.254 e. The van der Waals surface area contributed by atoms with Crippen molar-refractivity contribution >= 4 is 16.8 Å². The van der Waals surface area contributed by atoms with Crippen molar-refractivity contribution in [3.05, 3.63) is 48.0 Å². The van der Waals surface area contributed by atoms with Crippen LogP contribution in [0.25, 0.3) is 22.2 Å². The molecule has 0 saturated carbocycles. The first-order valence-corrected chi connectivity index (χ1v) is 10.5. The highest BCUT2D eigenvalue weighted by atomic mass is 19.1. The summed E-state index contributed by atoms with van der Waals surface area (Å²) >= 11 is 0. The number of aromatic nitrogens is 3. The van der Waals surface area contributed by atoms with E-state index in [1.165, 1.54) is 12.1 Å². The van der Waals surface area contributed by atoms with Gasteiger partial charge in [-0.05, 0) is 65.0 Å². The number of carbonyl (C=O) groups is 1. The number of halogens is 1. The summed E-state index contributed by atoms with van der Waals surface area (Å²) in [5.74, 6) is -0.448. The predicted molar refractivity (Wildman–Crippen MR) is 116 cm³/mol. The number of benzene rings is 1. The molecule has 0 radical (unpaired) electrons. The molecule has 0 unspecified atom stereocenters. The molecule has 4 rings (SSSR count). The average molecular weight is 410 g/mol. The molecular weight excluding hydrogens is 381 g/mol. The predicted octanol–water partition coefficient (Wildman–Crippen LogP) is 3.98. The van der Waals surface area contributed by atoms with Gasteiger partial charge in [0.1, 0.15) is 5.82 Å². The van der Waals surface area contributed by atoms with Crippen LogP contribution in [0.4, 0.5) is 4.39 Å². The van der Waals surface area contributed by atoms with Crippen LogP contribution in [-0.4, -0.2) is 63.2 Å². The zero-order valence-electron chi connectivity index (χ0n) is 18.0. The normalized spacial score (nSPS) is 18.2. The molecule has 1 aliphatic heterocycles. The lowest BCUT2D eigenvalue weighted by atomic mass is 10.0. The van der Waals surface area contributed by atoms with Gasteiger partial charge in [-0.2, -0.15) is 5.10 Å². The molecule has 0 aliphatic carbocycles. The second-order valence-corrected chi connectivity index (χ2v) is 8.48. The van der Waals surface area contributed by atoms with Gasteiger partial charge < -0.3 is 9.80 Å². The molecule has 0 N–H and O–H groups in total. The summed E-state index contributed by atoms with van der Waals surface area (Å²) in [5, 5.41) is 4.95. The van der Waals surface area contributed by atoms with Gasteiger partial charge in [-0.25, -0.2) is 9.37 Å². The summed E-state index contributed by atoms with van der Waals surface area (Å²) in [6.07, 6.45) is 4.60. The van der Waals surface area contributed by atoms with E-state index < -0.39 is 0 Å². The van der Waals surface area contributed by atoms with Crippen LogP contribution >= 0.6 is 0 Å². The highest BCUT2D eigenvalue weighted by Gasteiger charge is 2.27. The molecule has 2 aromatic heterocycles. The third-order valence-electron chi connectivity index (χ3n) is 5.74. The molecule has 0 bridgehead atoms. The highest BCUT2D eigenvalue weighted by Crippen LogP contribution is 2.28. The van der Waals surface area contributed by atoms with Crippen LogP contribution < -0.4 is 0 Å². The maximum atomic E-state index is 14.1. The fourth-order valence-electron chi connectivity index (χ4n) is 4.10. The van der Waals surface area contributed by atoms with Gasteiger partial charge in [0.15, 0.2) is 0 Å². The minimum atomic E-state index is -0.373. The number of hydrogen-bond acceptors (Lipinski definition) is 4. The average Bonchev–Trinajstić information content (AvgIpc) is 3.14. The Balaban J connectivity index is 1.82. The summed E-state index contributed by atoms with van der Waals surface area (Å²) in [7, 11) is 2.08. The molecule has 3 heterocycles. The number of likely N-dealkylation sites (N-methyl/N-ethyl adjacent to an activating group) is 1. The maximum absolute atomic E-state index is 14.1. The number of nitrogens with zero attached hydrogens (tertiary/aromatic N) is 5. The maximum Gasteiger partial charge on any atom is 0.254 e. The van der Waals surface area contributed by atoms with E-state index in [0.29, 0.717) is 28.7 Å². The molecule has 30 heavy (non-hydrogen) atoms. The van der Waals surface area contributed by atoms with Crippen LogP contribution in [0.5, 0.6) is 0 Å². The Morgan fingerprint density at radius 2 is 2.03 bits per heavy atom. The van der Waals surface area contributed by atoms with Crippen LogP contribution in [0, 0.1) is 5.82 Å². The molecule has 1 saturated heterocycles. The summed E-state index contributed by atoms with van der Waals surface area (Å²) < 4.78 is 15.9. The lowest BCUT2D eigenvalue weighted by Gasteiger charge is -2.28. The molecule has 1 atom stereocenters. The fraction of sp³-hybridized carbons (Fsp3) is 0.435. The van der Waals surface area contributed by atoms with Gasteiger partial charge in [0.05, 0.1) is 23.0 Å². The van der Waals surface area contributed by atoms with Gasteiger partial charge in [-0.1, -0.05) is 0 Å². The van der Waals surface area contributed by atoms with Gasteiger partial charge in [-0.15, -0.1) is 0 Å². The van der Waals surface area contributed by atoms with E-state index in [2.05, 4.69) is 37.8 Å². The summed E-state index contributed by atoms with van der Waals surface area (Å²) in [6.45, 7) is 8.64. The highest BCUT2D eigenvalue weighted by molar-refractivity contribution is 6.07. The number of rotatable bonds is 3. The van der Waals surface area contributed by atoms with Crippen LogP contribution in [0.3, 0.4) is 0 Å². The van der Waals surface area contributed by atoms with Crippen molar-refractivity contribution in [2.24, 2.45) is 0 Å². The van der Waals surface area contributed by atoms with Crippen LogP contribution in [-0.2, 0) is 0 Å². The molecule has 1 fully saturated rings.